The van der Waals surface area contributed by atoms with Gasteiger partial charge in [-0.15, -0.1) is 0 Å². The summed E-state index contributed by atoms with van der Waals surface area (Å²) in [7, 11) is 0. The first-order valence-corrected chi connectivity index (χ1v) is 24.2. The lowest BCUT2D eigenvalue weighted by molar-refractivity contribution is 0.669. The second-order valence-corrected chi connectivity index (χ2v) is 18.7. The monoisotopic (exact) mass is 894 g/mol. The Bertz CT molecular complexity index is 4260. The van der Waals surface area contributed by atoms with Gasteiger partial charge in [-0.2, -0.15) is 0 Å². The van der Waals surface area contributed by atoms with E-state index in [4.69, 9.17) is 8.83 Å². The van der Waals surface area contributed by atoms with E-state index in [1.165, 1.54) is 32.7 Å². The molecular formula is C66H42N2O2. The lowest BCUT2D eigenvalue weighted by atomic mass is 9.87. The van der Waals surface area contributed by atoms with Gasteiger partial charge in [0.15, 0.2) is 0 Å². The third-order valence-electron chi connectivity index (χ3n) is 14.8. The Morgan fingerprint density at radius 3 is 1.36 bits per heavy atom. The maximum Gasteiger partial charge on any atom is 0.143 e. The molecule has 1 unspecified atom stereocenters. The predicted octanol–water partition coefficient (Wildman–Crippen LogP) is 18.1. The van der Waals surface area contributed by atoms with Crippen LogP contribution in [0.3, 0.4) is 0 Å². The van der Waals surface area contributed by atoms with Crippen molar-refractivity contribution in [3.63, 3.8) is 0 Å². The Morgan fingerprint density at radius 1 is 0.371 bits per heavy atom. The minimum absolute atomic E-state index is 0.251. The normalized spacial score (nSPS) is 14.1. The summed E-state index contributed by atoms with van der Waals surface area (Å²) in [4.78, 5) is 0. The average Bonchev–Trinajstić information content (AvgIpc) is 4.19. The molecule has 1 atom stereocenters. The second-order valence-electron chi connectivity index (χ2n) is 18.7. The van der Waals surface area contributed by atoms with E-state index in [9.17, 15) is 0 Å². The largest absolute Gasteiger partial charge is 0.455 e. The Kier molecular flexibility index (Phi) is 8.45. The number of fused-ring (bicyclic) bond motifs is 12. The Hall–Kier alpha value is -9.12. The third kappa shape index (κ3) is 5.77. The van der Waals surface area contributed by atoms with Gasteiger partial charge < -0.3 is 18.0 Å². The highest BCUT2D eigenvalue weighted by Crippen LogP contribution is 2.46. The molecule has 4 heteroatoms. The van der Waals surface area contributed by atoms with Crippen molar-refractivity contribution >= 4 is 93.1 Å². The minimum atomic E-state index is 0.251. The molecule has 0 spiro atoms. The van der Waals surface area contributed by atoms with Gasteiger partial charge in [0.2, 0.25) is 0 Å². The number of hydrogen-bond acceptors (Lipinski definition) is 2. The number of para-hydroxylation sites is 8. The molecule has 0 bridgehead atoms. The summed E-state index contributed by atoms with van der Waals surface area (Å²) in [5, 5.41) is 9.23. The van der Waals surface area contributed by atoms with Crippen LogP contribution in [-0.4, -0.2) is 9.13 Å². The number of furan rings is 2. The van der Waals surface area contributed by atoms with Crippen LogP contribution in [0.25, 0.3) is 127 Å². The van der Waals surface area contributed by atoms with Crippen LogP contribution < -0.4 is 0 Å². The maximum absolute atomic E-state index is 6.76. The summed E-state index contributed by atoms with van der Waals surface area (Å²) in [5.74, 6) is 0.251. The lowest BCUT2D eigenvalue weighted by Crippen LogP contribution is -2.04. The van der Waals surface area contributed by atoms with E-state index in [0.717, 1.165) is 112 Å². The van der Waals surface area contributed by atoms with Crippen LogP contribution in [0.2, 0.25) is 0 Å². The molecule has 1 aliphatic carbocycles. The van der Waals surface area contributed by atoms with Gasteiger partial charge in [0.25, 0.3) is 0 Å². The van der Waals surface area contributed by atoms with Gasteiger partial charge in [-0.3, -0.25) is 0 Å². The molecule has 10 aromatic carbocycles. The molecule has 15 rings (SSSR count). The van der Waals surface area contributed by atoms with E-state index in [1.54, 1.807) is 0 Å². The van der Waals surface area contributed by atoms with E-state index >= 15 is 0 Å². The molecule has 0 N–H and O–H groups in total. The van der Waals surface area contributed by atoms with Crippen LogP contribution in [-0.2, 0) is 0 Å². The summed E-state index contributed by atoms with van der Waals surface area (Å²) in [6.45, 7) is 0. The third-order valence-corrected chi connectivity index (χ3v) is 14.8. The maximum atomic E-state index is 6.76. The fourth-order valence-electron chi connectivity index (χ4n) is 11.8. The van der Waals surface area contributed by atoms with Crippen molar-refractivity contribution < 1.29 is 8.83 Å². The molecule has 0 radical (unpaired) electrons. The van der Waals surface area contributed by atoms with Gasteiger partial charge in [-0.05, 0) is 65.6 Å². The van der Waals surface area contributed by atoms with Crippen molar-refractivity contribution in [1.82, 2.24) is 9.13 Å². The van der Waals surface area contributed by atoms with Crippen LogP contribution >= 0.6 is 0 Å². The smallest absolute Gasteiger partial charge is 0.143 e. The zero-order valence-electron chi connectivity index (χ0n) is 38.0. The highest BCUT2D eigenvalue weighted by molar-refractivity contribution is 6.19. The van der Waals surface area contributed by atoms with Gasteiger partial charge in [0, 0.05) is 82.6 Å². The van der Waals surface area contributed by atoms with Crippen molar-refractivity contribution in [2.75, 3.05) is 0 Å². The molecule has 328 valence electrons. The number of benzene rings is 10. The van der Waals surface area contributed by atoms with E-state index < -0.39 is 0 Å². The molecule has 4 heterocycles. The van der Waals surface area contributed by atoms with Crippen molar-refractivity contribution in [2.45, 2.75) is 12.3 Å². The molecule has 70 heavy (non-hydrogen) atoms. The molecule has 1 aliphatic rings. The first-order valence-electron chi connectivity index (χ1n) is 24.2. The minimum Gasteiger partial charge on any atom is -0.455 e. The van der Waals surface area contributed by atoms with Gasteiger partial charge >= 0.3 is 0 Å². The van der Waals surface area contributed by atoms with Crippen LogP contribution in [0.5, 0.6) is 0 Å². The van der Waals surface area contributed by atoms with Crippen LogP contribution in [0.1, 0.15) is 23.5 Å². The Labute approximate surface area is 402 Å². The van der Waals surface area contributed by atoms with Crippen LogP contribution in [0.4, 0.5) is 0 Å². The van der Waals surface area contributed by atoms with E-state index in [-0.39, 0.29) is 5.92 Å². The van der Waals surface area contributed by atoms with Gasteiger partial charge in [0.05, 0.1) is 22.1 Å². The van der Waals surface area contributed by atoms with Crippen molar-refractivity contribution in [2.24, 2.45) is 0 Å². The Morgan fingerprint density at radius 2 is 0.814 bits per heavy atom. The van der Waals surface area contributed by atoms with Gasteiger partial charge in [0.1, 0.15) is 22.3 Å². The summed E-state index contributed by atoms with van der Waals surface area (Å²) in [6, 6.07) is 79.1. The second kappa shape index (κ2) is 15.2. The zero-order chi connectivity index (χ0) is 45.9. The van der Waals surface area contributed by atoms with Crippen LogP contribution in [0.15, 0.2) is 245 Å². The number of nitrogens with zero attached hydrogens (tertiary/aromatic N) is 2. The Balaban J connectivity index is 1.05. The molecule has 0 fully saturated rings. The first-order chi connectivity index (χ1) is 34.7. The zero-order valence-corrected chi connectivity index (χ0v) is 38.0. The predicted molar refractivity (Wildman–Crippen MR) is 291 cm³/mol. The number of rotatable bonds is 6. The highest BCUT2D eigenvalue weighted by Gasteiger charge is 2.24. The van der Waals surface area contributed by atoms with E-state index in [1.807, 2.05) is 12.1 Å². The summed E-state index contributed by atoms with van der Waals surface area (Å²) >= 11 is 0. The van der Waals surface area contributed by atoms with Gasteiger partial charge in [-0.1, -0.05) is 194 Å². The molecular weight excluding hydrogens is 853 g/mol. The fourth-order valence-corrected chi connectivity index (χ4v) is 11.8. The fraction of sp³-hybridized carbons (Fsp3) is 0.0303. The van der Waals surface area contributed by atoms with E-state index in [0.29, 0.717) is 0 Å². The summed E-state index contributed by atoms with van der Waals surface area (Å²) in [6.07, 6.45) is 8.09. The van der Waals surface area contributed by atoms with Crippen molar-refractivity contribution in [3.05, 3.63) is 248 Å². The van der Waals surface area contributed by atoms with Crippen molar-refractivity contribution in [3.8, 4) is 33.6 Å². The number of aromatic nitrogens is 2. The average molecular weight is 895 g/mol. The van der Waals surface area contributed by atoms with Gasteiger partial charge in [-0.25, -0.2) is 0 Å². The molecule has 0 saturated carbocycles. The highest BCUT2D eigenvalue weighted by atomic mass is 16.3. The van der Waals surface area contributed by atoms with Crippen molar-refractivity contribution in [1.29, 1.82) is 0 Å². The number of hydrogen-bond donors (Lipinski definition) is 0. The molecule has 4 nitrogen and oxygen atoms in total. The molecule has 0 aliphatic heterocycles. The summed E-state index contributed by atoms with van der Waals surface area (Å²) in [5.41, 5.74) is 18.3. The SMILES string of the molecule is C1=CC(c2cc(-n3c4ccccc4c4cccc(-c5cccc6c5oc5ccccc56)c43)cc(-n3c4ccccc4c4cccc(-c5cccc6c5oc5ccccc56)c43)c2)=CC(c2ccccc2)C1. The molecule has 0 amide bonds. The standard InChI is InChI=1S/C66H42N2O2/c1-2-17-41(18-3-1)42-19-12-20-43(37-42)44-38-45(67-59-33-8-4-21-47(59)51-25-13-27-53(63(51)67)57-31-15-29-55-49-23-6-10-35-61(49)69-65(55)57)40-46(39-44)68-60-34-9-5-22-48(60)52-26-14-28-54(64(52)68)58-32-16-30-56-50-24-7-11-36-62(50)70-66(56)58/h1-18,20-40,42H,19H2. The number of allylic oxidation sites excluding steroid dienone is 4. The molecule has 4 aromatic heterocycles. The molecule has 14 aromatic rings. The van der Waals surface area contributed by atoms with Crippen LogP contribution in [0, 0.1) is 0 Å². The molecule has 0 saturated heterocycles. The lowest BCUT2D eigenvalue weighted by Gasteiger charge is -2.21. The first kappa shape index (κ1) is 38.9. The summed E-state index contributed by atoms with van der Waals surface area (Å²) < 4.78 is 18.5. The van der Waals surface area contributed by atoms with E-state index in [2.05, 4.69) is 234 Å². The topological polar surface area (TPSA) is 36.1 Å². The quantitative estimate of drug-likeness (QED) is 0.167.